The highest BCUT2D eigenvalue weighted by molar-refractivity contribution is 5.05. The van der Waals surface area contributed by atoms with Crippen molar-refractivity contribution < 1.29 is 0 Å². The molecule has 0 aromatic carbocycles. The highest BCUT2D eigenvalue weighted by atomic mass is 15.2. The van der Waals surface area contributed by atoms with Crippen molar-refractivity contribution in [1.29, 1.82) is 5.26 Å². The Bertz CT molecular complexity index is 338. The Morgan fingerprint density at radius 1 is 1.48 bits per heavy atom. The van der Waals surface area contributed by atoms with Gasteiger partial charge in [0.1, 0.15) is 5.54 Å². The zero-order valence-corrected chi connectivity index (χ0v) is 14.7. The van der Waals surface area contributed by atoms with Gasteiger partial charge in [-0.2, -0.15) is 5.26 Å². The first-order chi connectivity index (χ1) is 9.95. The molecule has 1 aliphatic heterocycles. The molecule has 3 unspecified atom stereocenters. The minimum absolute atomic E-state index is 0.413. The Morgan fingerprint density at radius 3 is 2.76 bits per heavy atom. The standard InChI is InChI=1S/C17H34N4/c1-6-10-19-17(4,14-18)12-15(3)20(5)13-16-9-8-11-21(16)7-2/h15-16,19H,6-13H2,1-5H3. The van der Waals surface area contributed by atoms with Crippen LogP contribution in [-0.4, -0.2) is 60.6 Å². The molecule has 1 saturated heterocycles. The molecule has 122 valence electrons. The van der Waals surface area contributed by atoms with E-state index in [0.717, 1.165) is 32.5 Å². The monoisotopic (exact) mass is 294 g/mol. The summed E-state index contributed by atoms with van der Waals surface area (Å²) in [6.07, 6.45) is 4.58. The third-order valence-electron chi connectivity index (χ3n) is 4.87. The molecular formula is C17H34N4. The summed E-state index contributed by atoms with van der Waals surface area (Å²) in [5.74, 6) is 0. The van der Waals surface area contributed by atoms with Crippen LogP contribution in [0.5, 0.6) is 0 Å². The molecule has 1 N–H and O–H groups in total. The number of likely N-dealkylation sites (N-methyl/N-ethyl adjacent to an activating group) is 2. The Kier molecular flexibility index (Phi) is 7.65. The van der Waals surface area contributed by atoms with E-state index in [1.54, 1.807) is 0 Å². The lowest BCUT2D eigenvalue weighted by Gasteiger charge is -2.35. The summed E-state index contributed by atoms with van der Waals surface area (Å²) in [6, 6.07) is 3.57. The maximum Gasteiger partial charge on any atom is 0.105 e. The first-order valence-electron chi connectivity index (χ1n) is 8.56. The van der Waals surface area contributed by atoms with E-state index < -0.39 is 5.54 Å². The van der Waals surface area contributed by atoms with Gasteiger partial charge in [0, 0.05) is 18.6 Å². The van der Waals surface area contributed by atoms with E-state index in [1.165, 1.54) is 19.4 Å². The summed E-state index contributed by atoms with van der Waals surface area (Å²) in [6.45, 7) is 13.1. The molecule has 1 rings (SSSR count). The molecular weight excluding hydrogens is 260 g/mol. The quantitative estimate of drug-likeness (QED) is 0.709. The Hall–Kier alpha value is -0.630. The van der Waals surface area contributed by atoms with Crippen molar-refractivity contribution in [3.8, 4) is 6.07 Å². The molecule has 0 aromatic rings. The molecule has 0 aromatic heterocycles. The van der Waals surface area contributed by atoms with Crippen LogP contribution < -0.4 is 5.32 Å². The van der Waals surface area contributed by atoms with Crippen LogP contribution >= 0.6 is 0 Å². The number of hydrogen-bond acceptors (Lipinski definition) is 4. The molecule has 1 heterocycles. The number of nitrogens with one attached hydrogen (secondary N) is 1. The van der Waals surface area contributed by atoms with Crippen LogP contribution in [0.25, 0.3) is 0 Å². The van der Waals surface area contributed by atoms with Gasteiger partial charge in [0.05, 0.1) is 6.07 Å². The maximum atomic E-state index is 9.47. The van der Waals surface area contributed by atoms with Gasteiger partial charge in [-0.15, -0.1) is 0 Å². The van der Waals surface area contributed by atoms with Crippen molar-refractivity contribution >= 4 is 0 Å². The minimum Gasteiger partial charge on any atom is -0.302 e. The molecule has 1 fully saturated rings. The van der Waals surface area contributed by atoms with Crippen LogP contribution in [0, 0.1) is 11.3 Å². The van der Waals surface area contributed by atoms with Crippen LogP contribution in [0.2, 0.25) is 0 Å². The van der Waals surface area contributed by atoms with E-state index in [4.69, 9.17) is 0 Å². The van der Waals surface area contributed by atoms with Crippen molar-refractivity contribution in [1.82, 2.24) is 15.1 Å². The summed E-state index contributed by atoms with van der Waals surface area (Å²) in [4.78, 5) is 5.02. The molecule has 21 heavy (non-hydrogen) atoms. The lowest BCUT2D eigenvalue weighted by Crippen LogP contribution is -2.48. The average Bonchev–Trinajstić information content (AvgIpc) is 2.92. The van der Waals surface area contributed by atoms with Crippen LogP contribution in [0.4, 0.5) is 0 Å². The topological polar surface area (TPSA) is 42.3 Å². The molecule has 4 heteroatoms. The normalized spacial score (nSPS) is 24.0. The average molecular weight is 294 g/mol. The van der Waals surface area contributed by atoms with E-state index in [9.17, 15) is 5.26 Å². The van der Waals surface area contributed by atoms with E-state index in [-0.39, 0.29) is 0 Å². The Labute approximate surface area is 131 Å². The van der Waals surface area contributed by atoms with Gasteiger partial charge in [-0.1, -0.05) is 13.8 Å². The number of rotatable bonds is 9. The minimum atomic E-state index is -0.413. The third kappa shape index (κ3) is 5.58. The number of nitrogens with zero attached hydrogens (tertiary/aromatic N) is 3. The predicted molar refractivity (Wildman–Crippen MR) is 89.3 cm³/mol. The third-order valence-corrected chi connectivity index (χ3v) is 4.87. The van der Waals surface area contributed by atoms with Crippen LogP contribution in [-0.2, 0) is 0 Å². The van der Waals surface area contributed by atoms with Gasteiger partial charge in [0.15, 0.2) is 0 Å². The second-order valence-corrected chi connectivity index (χ2v) is 6.79. The van der Waals surface area contributed by atoms with Crippen molar-refractivity contribution in [2.45, 2.75) is 71.0 Å². The SMILES string of the molecule is CCCNC(C)(C#N)CC(C)N(C)CC1CCCN1CC. The summed E-state index contributed by atoms with van der Waals surface area (Å²) >= 11 is 0. The largest absolute Gasteiger partial charge is 0.302 e. The van der Waals surface area contributed by atoms with Crippen molar-refractivity contribution in [3.05, 3.63) is 0 Å². The number of likely N-dealkylation sites (tertiary alicyclic amines) is 1. The molecule has 0 saturated carbocycles. The molecule has 0 amide bonds. The summed E-state index contributed by atoms with van der Waals surface area (Å²) in [7, 11) is 2.20. The second kappa shape index (κ2) is 8.73. The van der Waals surface area contributed by atoms with Crippen molar-refractivity contribution in [3.63, 3.8) is 0 Å². The maximum absolute atomic E-state index is 9.47. The number of hydrogen-bond donors (Lipinski definition) is 1. The van der Waals surface area contributed by atoms with E-state index >= 15 is 0 Å². The smallest absolute Gasteiger partial charge is 0.105 e. The summed E-state index contributed by atoms with van der Waals surface area (Å²) in [5, 5.41) is 12.9. The predicted octanol–water partition coefficient (Wildman–Crippen LogP) is 2.46. The fraction of sp³-hybridized carbons (Fsp3) is 0.941. The lowest BCUT2D eigenvalue weighted by atomic mass is 9.94. The van der Waals surface area contributed by atoms with Gasteiger partial charge in [-0.25, -0.2) is 0 Å². The first kappa shape index (κ1) is 18.4. The van der Waals surface area contributed by atoms with Crippen molar-refractivity contribution in [2.24, 2.45) is 0 Å². The first-order valence-corrected chi connectivity index (χ1v) is 8.56. The second-order valence-electron chi connectivity index (χ2n) is 6.79. The Morgan fingerprint density at radius 2 is 2.19 bits per heavy atom. The highest BCUT2D eigenvalue weighted by Crippen LogP contribution is 2.20. The molecule has 0 radical (unpaired) electrons. The molecule has 0 spiro atoms. The van der Waals surface area contributed by atoms with E-state index in [0.29, 0.717) is 12.1 Å². The fourth-order valence-electron chi connectivity index (χ4n) is 3.34. The van der Waals surface area contributed by atoms with Gasteiger partial charge >= 0.3 is 0 Å². The zero-order chi connectivity index (χ0) is 15.9. The molecule has 3 atom stereocenters. The number of nitriles is 1. The fourth-order valence-corrected chi connectivity index (χ4v) is 3.34. The van der Waals surface area contributed by atoms with Gasteiger partial charge in [-0.3, -0.25) is 10.2 Å². The van der Waals surface area contributed by atoms with Gasteiger partial charge in [0.2, 0.25) is 0 Å². The highest BCUT2D eigenvalue weighted by Gasteiger charge is 2.30. The van der Waals surface area contributed by atoms with Crippen LogP contribution in [0.3, 0.4) is 0 Å². The molecule has 0 aliphatic carbocycles. The van der Waals surface area contributed by atoms with Gasteiger partial charge in [-0.05, 0) is 66.2 Å². The van der Waals surface area contributed by atoms with Crippen molar-refractivity contribution in [2.75, 3.05) is 33.2 Å². The van der Waals surface area contributed by atoms with Crippen LogP contribution in [0.15, 0.2) is 0 Å². The van der Waals surface area contributed by atoms with Crippen LogP contribution in [0.1, 0.15) is 53.4 Å². The van der Waals surface area contributed by atoms with E-state index in [2.05, 4.69) is 49.0 Å². The zero-order valence-electron chi connectivity index (χ0n) is 14.7. The molecule has 4 nitrogen and oxygen atoms in total. The molecule has 1 aliphatic rings. The lowest BCUT2D eigenvalue weighted by molar-refractivity contribution is 0.153. The van der Waals surface area contributed by atoms with Gasteiger partial charge < -0.3 is 4.90 Å². The molecule has 0 bridgehead atoms. The van der Waals surface area contributed by atoms with Gasteiger partial charge in [0.25, 0.3) is 0 Å². The Balaban J connectivity index is 2.49. The summed E-state index contributed by atoms with van der Waals surface area (Å²) < 4.78 is 0. The summed E-state index contributed by atoms with van der Waals surface area (Å²) in [5.41, 5.74) is -0.413. The van der Waals surface area contributed by atoms with E-state index in [1.807, 2.05) is 6.92 Å².